The molecule has 0 spiro atoms. The minimum Gasteiger partial charge on any atom is -0.480 e. The first-order chi connectivity index (χ1) is 4.68. The molecule has 5 heteroatoms. The van der Waals surface area contributed by atoms with E-state index in [9.17, 15) is 4.79 Å². The Bertz CT molecular complexity index is 111. The number of carboxylic acid groups (broad SMARTS) is 1. The van der Waals surface area contributed by atoms with Crippen LogP contribution in [-0.4, -0.2) is 23.7 Å². The molecule has 0 heterocycles. The van der Waals surface area contributed by atoms with Crippen molar-refractivity contribution in [3.05, 3.63) is 0 Å². The first-order valence-electron chi connectivity index (χ1n) is 3.37. The van der Waals surface area contributed by atoms with Gasteiger partial charge in [0, 0.05) is 16.5 Å². The molecular formula is C6H14N2NiO2. The Morgan fingerprint density at radius 2 is 2.00 bits per heavy atom. The van der Waals surface area contributed by atoms with Crippen molar-refractivity contribution in [2.75, 3.05) is 6.54 Å². The molecule has 4 nitrogen and oxygen atoms in total. The third kappa shape index (κ3) is 7.78. The molecule has 0 rings (SSSR count). The number of nitrogens with two attached hydrogens (primary N) is 2. The molecule has 0 amide bonds. The van der Waals surface area contributed by atoms with Crippen LogP contribution in [0, 0.1) is 0 Å². The van der Waals surface area contributed by atoms with E-state index < -0.39 is 12.0 Å². The second kappa shape index (κ2) is 7.98. The summed E-state index contributed by atoms with van der Waals surface area (Å²) in [6, 6.07) is -0.716. The standard InChI is InChI=1S/C6H14N2O2.Ni/c7-4-2-1-3-5(8)6(9)10;/h5H,1-4,7-8H2,(H,9,10);. The molecule has 70 valence electrons. The van der Waals surface area contributed by atoms with Gasteiger partial charge in [0.1, 0.15) is 6.04 Å². The van der Waals surface area contributed by atoms with E-state index in [1.807, 2.05) is 0 Å². The van der Waals surface area contributed by atoms with E-state index in [0.717, 1.165) is 12.8 Å². The van der Waals surface area contributed by atoms with Gasteiger partial charge in [0.25, 0.3) is 0 Å². The van der Waals surface area contributed by atoms with E-state index in [2.05, 4.69) is 0 Å². The summed E-state index contributed by atoms with van der Waals surface area (Å²) in [6.07, 6.45) is 2.16. The third-order valence-electron chi connectivity index (χ3n) is 1.29. The van der Waals surface area contributed by atoms with Crippen molar-refractivity contribution < 1.29 is 26.4 Å². The number of hydrogen-bond acceptors (Lipinski definition) is 3. The fourth-order valence-corrected chi connectivity index (χ4v) is 0.632. The van der Waals surface area contributed by atoms with Crippen LogP contribution in [0.2, 0.25) is 0 Å². The van der Waals surface area contributed by atoms with Crippen LogP contribution >= 0.6 is 0 Å². The minimum atomic E-state index is -0.933. The zero-order valence-corrected chi connectivity index (χ0v) is 7.22. The van der Waals surface area contributed by atoms with Gasteiger partial charge in [-0.05, 0) is 19.4 Å². The van der Waals surface area contributed by atoms with E-state index in [-0.39, 0.29) is 16.5 Å². The molecule has 0 radical (unpaired) electrons. The van der Waals surface area contributed by atoms with Crippen LogP contribution in [-0.2, 0) is 21.3 Å². The number of unbranched alkanes of at least 4 members (excludes halogenated alkanes) is 1. The van der Waals surface area contributed by atoms with Crippen molar-refractivity contribution in [3.63, 3.8) is 0 Å². The van der Waals surface area contributed by atoms with E-state index in [4.69, 9.17) is 16.6 Å². The van der Waals surface area contributed by atoms with E-state index in [1.165, 1.54) is 0 Å². The zero-order valence-electron chi connectivity index (χ0n) is 6.23. The third-order valence-corrected chi connectivity index (χ3v) is 1.29. The minimum absolute atomic E-state index is 0. The van der Waals surface area contributed by atoms with Gasteiger partial charge in [0.05, 0.1) is 0 Å². The molecule has 0 aromatic heterocycles. The van der Waals surface area contributed by atoms with Crippen LogP contribution in [0.3, 0.4) is 0 Å². The van der Waals surface area contributed by atoms with Gasteiger partial charge >= 0.3 is 5.97 Å². The van der Waals surface area contributed by atoms with Gasteiger partial charge in [-0.3, -0.25) is 4.79 Å². The topological polar surface area (TPSA) is 89.3 Å². The van der Waals surface area contributed by atoms with Crippen LogP contribution in [0.1, 0.15) is 19.3 Å². The van der Waals surface area contributed by atoms with Crippen LogP contribution in [0.4, 0.5) is 0 Å². The summed E-state index contributed by atoms with van der Waals surface area (Å²) < 4.78 is 0. The number of carboxylic acids is 1. The molecule has 0 bridgehead atoms. The quantitative estimate of drug-likeness (QED) is 0.417. The van der Waals surface area contributed by atoms with E-state index in [1.54, 1.807) is 0 Å². The van der Waals surface area contributed by atoms with Crippen molar-refractivity contribution in [2.24, 2.45) is 11.5 Å². The molecular weight excluding hydrogens is 191 g/mol. The van der Waals surface area contributed by atoms with Gasteiger partial charge in [-0.1, -0.05) is 6.42 Å². The van der Waals surface area contributed by atoms with Crippen molar-refractivity contribution in [3.8, 4) is 0 Å². The predicted molar refractivity (Wildman–Crippen MR) is 38.5 cm³/mol. The summed E-state index contributed by atoms with van der Waals surface area (Å²) >= 11 is 0. The zero-order chi connectivity index (χ0) is 7.98. The van der Waals surface area contributed by atoms with Crippen LogP contribution in [0.25, 0.3) is 0 Å². The predicted octanol–water partition coefficient (Wildman–Crippen LogP) is -0.475. The van der Waals surface area contributed by atoms with Gasteiger partial charge in [0.2, 0.25) is 0 Å². The van der Waals surface area contributed by atoms with E-state index in [0.29, 0.717) is 13.0 Å². The number of rotatable bonds is 5. The molecule has 11 heavy (non-hydrogen) atoms. The monoisotopic (exact) mass is 204 g/mol. The average molecular weight is 205 g/mol. The summed E-state index contributed by atoms with van der Waals surface area (Å²) in [5.74, 6) is -0.933. The van der Waals surface area contributed by atoms with Crippen LogP contribution in [0.15, 0.2) is 0 Å². The fraction of sp³-hybridized carbons (Fsp3) is 0.833. The molecule has 0 saturated carbocycles. The smallest absolute Gasteiger partial charge is 0.320 e. The number of hydrogen-bond donors (Lipinski definition) is 3. The van der Waals surface area contributed by atoms with Gasteiger partial charge in [0.15, 0.2) is 0 Å². The van der Waals surface area contributed by atoms with Crippen molar-refractivity contribution in [1.29, 1.82) is 0 Å². The second-order valence-corrected chi connectivity index (χ2v) is 2.23. The molecule has 0 saturated heterocycles. The normalized spacial score (nSPS) is 11.8. The Morgan fingerprint density at radius 3 is 2.36 bits per heavy atom. The fourth-order valence-electron chi connectivity index (χ4n) is 0.632. The summed E-state index contributed by atoms with van der Waals surface area (Å²) in [4.78, 5) is 10.1. The summed E-state index contributed by atoms with van der Waals surface area (Å²) in [6.45, 7) is 0.604. The van der Waals surface area contributed by atoms with Gasteiger partial charge < -0.3 is 16.6 Å². The Labute approximate surface area is 76.2 Å². The molecule has 0 fully saturated rings. The Balaban J connectivity index is 0. The Morgan fingerprint density at radius 1 is 1.45 bits per heavy atom. The molecule has 1 unspecified atom stereocenters. The van der Waals surface area contributed by atoms with Crippen molar-refractivity contribution in [2.45, 2.75) is 25.3 Å². The second-order valence-electron chi connectivity index (χ2n) is 2.23. The van der Waals surface area contributed by atoms with Crippen LogP contribution < -0.4 is 11.5 Å². The maximum absolute atomic E-state index is 10.1. The average Bonchev–Trinajstić information content (AvgIpc) is 1.88. The van der Waals surface area contributed by atoms with Crippen molar-refractivity contribution >= 4 is 5.97 Å². The molecule has 5 N–H and O–H groups in total. The Kier molecular flexibility index (Phi) is 9.78. The molecule has 0 aliphatic heterocycles. The van der Waals surface area contributed by atoms with Gasteiger partial charge in [-0.15, -0.1) is 0 Å². The Hall–Kier alpha value is -0.116. The maximum Gasteiger partial charge on any atom is 0.320 e. The molecule has 0 aromatic rings. The molecule has 0 aromatic carbocycles. The van der Waals surface area contributed by atoms with Crippen molar-refractivity contribution in [1.82, 2.24) is 0 Å². The SMILES string of the molecule is NCCCCC(N)C(=O)O.[Ni]. The first-order valence-corrected chi connectivity index (χ1v) is 3.37. The summed E-state index contributed by atoms with van der Waals surface area (Å²) in [5, 5.41) is 8.33. The van der Waals surface area contributed by atoms with Gasteiger partial charge in [-0.25, -0.2) is 0 Å². The number of aliphatic carboxylic acids is 1. The number of carbonyl (C=O) groups is 1. The van der Waals surface area contributed by atoms with Crippen LogP contribution in [0.5, 0.6) is 0 Å². The molecule has 0 aliphatic rings. The summed E-state index contributed by atoms with van der Waals surface area (Å²) in [5.41, 5.74) is 10.4. The maximum atomic E-state index is 10.1. The summed E-state index contributed by atoms with van der Waals surface area (Å²) in [7, 11) is 0. The molecule has 0 aliphatic carbocycles. The first kappa shape index (κ1) is 13.5. The largest absolute Gasteiger partial charge is 0.480 e. The van der Waals surface area contributed by atoms with Gasteiger partial charge in [-0.2, -0.15) is 0 Å². The van der Waals surface area contributed by atoms with E-state index >= 15 is 0 Å². The molecule has 1 atom stereocenters.